The van der Waals surface area contributed by atoms with Crippen LogP contribution in [0.15, 0.2) is 12.1 Å². The van der Waals surface area contributed by atoms with Crippen molar-refractivity contribution in [3.8, 4) is 11.5 Å². The molecule has 0 saturated heterocycles. The minimum atomic E-state index is 0.0677. The van der Waals surface area contributed by atoms with Crippen molar-refractivity contribution < 1.29 is 14.2 Å². The Morgan fingerprint density at radius 3 is 2.61 bits per heavy atom. The molecule has 0 saturated carbocycles. The molecule has 0 amide bonds. The highest BCUT2D eigenvalue weighted by Crippen LogP contribution is 2.35. The number of benzene rings is 1. The van der Waals surface area contributed by atoms with Gasteiger partial charge in [-0.2, -0.15) is 0 Å². The topological polar surface area (TPSA) is 53.7 Å². The second-order valence-electron chi connectivity index (χ2n) is 4.02. The van der Waals surface area contributed by atoms with Crippen molar-refractivity contribution in [3.05, 3.63) is 22.7 Å². The number of hydrogen-bond donors (Lipinski definition) is 1. The third-order valence-corrected chi connectivity index (χ3v) is 2.86. The maximum atomic E-state index is 6.05. The summed E-state index contributed by atoms with van der Waals surface area (Å²) in [5.41, 5.74) is 6.91. The quantitative estimate of drug-likeness (QED) is 0.776. The van der Waals surface area contributed by atoms with Crippen LogP contribution in [0.2, 0.25) is 5.02 Å². The lowest BCUT2D eigenvalue weighted by molar-refractivity contribution is 0.0483. The predicted molar refractivity (Wildman–Crippen MR) is 72.5 cm³/mol. The Morgan fingerprint density at radius 2 is 2.06 bits per heavy atom. The molecule has 0 spiro atoms. The zero-order valence-corrected chi connectivity index (χ0v) is 11.8. The second kappa shape index (κ2) is 7.46. The number of halogens is 1. The first-order chi connectivity index (χ1) is 8.62. The van der Waals surface area contributed by atoms with Gasteiger partial charge in [0.1, 0.15) is 0 Å². The fraction of sp³-hybridized carbons (Fsp3) is 0.538. The second-order valence-corrected chi connectivity index (χ2v) is 4.46. The van der Waals surface area contributed by atoms with Crippen molar-refractivity contribution in [2.45, 2.75) is 25.8 Å². The van der Waals surface area contributed by atoms with Crippen LogP contribution in [0.1, 0.15) is 18.9 Å². The number of nitrogens with two attached hydrogens (primary N) is 1. The van der Waals surface area contributed by atoms with Crippen LogP contribution in [0.25, 0.3) is 0 Å². The van der Waals surface area contributed by atoms with Crippen LogP contribution >= 0.6 is 11.6 Å². The molecule has 2 N–H and O–H groups in total. The Kier molecular flexibility index (Phi) is 6.25. The van der Waals surface area contributed by atoms with E-state index in [0.717, 1.165) is 12.0 Å². The van der Waals surface area contributed by atoms with Crippen molar-refractivity contribution in [3.63, 3.8) is 0 Å². The molecule has 1 rings (SSSR count). The maximum Gasteiger partial charge on any atom is 0.188 e. The molecular formula is C13H20ClNO3. The van der Waals surface area contributed by atoms with E-state index in [1.807, 2.05) is 13.0 Å². The molecule has 0 aliphatic heterocycles. The molecule has 102 valence electrons. The average Bonchev–Trinajstić information content (AvgIpc) is 2.36. The largest absolute Gasteiger partial charge is 0.493 e. The molecular weight excluding hydrogens is 254 g/mol. The maximum absolute atomic E-state index is 6.05. The molecule has 1 unspecified atom stereocenters. The highest BCUT2D eigenvalue weighted by atomic mass is 35.5. The number of ether oxygens (including phenoxy) is 3. The van der Waals surface area contributed by atoms with Gasteiger partial charge in [0.25, 0.3) is 0 Å². The Morgan fingerprint density at radius 1 is 1.33 bits per heavy atom. The molecule has 0 aliphatic carbocycles. The van der Waals surface area contributed by atoms with E-state index in [2.05, 4.69) is 0 Å². The lowest BCUT2D eigenvalue weighted by Gasteiger charge is -2.17. The normalized spacial score (nSPS) is 12.3. The Balaban J connectivity index is 3.06. The Hall–Kier alpha value is -0.970. The first-order valence-corrected chi connectivity index (χ1v) is 6.23. The summed E-state index contributed by atoms with van der Waals surface area (Å²) in [6, 6.07) is 3.64. The zero-order chi connectivity index (χ0) is 13.5. The van der Waals surface area contributed by atoms with Gasteiger partial charge in [-0.25, -0.2) is 0 Å². The van der Waals surface area contributed by atoms with Crippen LogP contribution in [0.4, 0.5) is 0 Å². The van der Waals surface area contributed by atoms with Crippen LogP contribution in [0, 0.1) is 0 Å². The summed E-state index contributed by atoms with van der Waals surface area (Å²) in [7, 11) is 3.15. The zero-order valence-electron chi connectivity index (χ0n) is 11.0. The summed E-state index contributed by atoms with van der Waals surface area (Å²) < 4.78 is 15.7. The van der Waals surface area contributed by atoms with Crippen molar-refractivity contribution in [1.82, 2.24) is 0 Å². The Bertz CT molecular complexity index is 385. The fourth-order valence-corrected chi connectivity index (χ4v) is 1.87. The highest BCUT2D eigenvalue weighted by molar-refractivity contribution is 6.30. The van der Waals surface area contributed by atoms with Gasteiger partial charge in [0, 0.05) is 29.8 Å². The van der Waals surface area contributed by atoms with Gasteiger partial charge >= 0.3 is 0 Å². The van der Waals surface area contributed by atoms with Crippen LogP contribution in [0.3, 0.4) is 0 Å². The first kappa shape index (κ1) is 15.1. The number of methoxy groups -OCH3 is 2. The molecule has 1 aromatic carbocycles. The van der Waals surface area contributed by atoms with Gasteiger partial charge in [-0.3, -0.25) is 0 Å². The molecule has 0 heterocycles. The lowest BCUT2D eigenvalue weighted by atomic mass is 10.0. The third kappa shape index (κ3) is 4.05. The number of rotatable bonds is 7. The summed E-state index contributed by atoms with van der Waals surface area (Å²) in [5, 5.41) is 0.606. The average molecular weight is 274 g/mol. The summed E-state index contributed by atoms with van der Waals surface area (Å²) in [6.07, 6.45) is 1.57. The van der Waals surface area contributed by atoms with Gasteiger partial charge < -0.3 is 19.9 Å². The molecule has 0 radical (unpaired) electrons. The van der Waals surface area contributed by atoms with Crippen LogP contribution in [-0.2, 0) is 11.2 Å². The molecule has 1 atom stereocenters. The minimum Gasteiger partial charge on any atom is -0.493 e. The predicted octanol–water partition coefficient (Wildman–Crippen LogP) is 2.61. The standard InChI is InChI=1S/C13H20ClNO3/c1-4-11(15)6-9-5-10(14)7-12(17-3)13(9)18-8-16-2/h5,7,11H,4,6,8,15H2,1-3H3. The van der Waals surface area contributed by atoms with Gasteiger partial charge in [0.15, 0.2) is 18.3 Å². The Labute approximate surface area is 113 Å². The monoisotopic (exact) mass is 273 g/mol. The molecule has 1 aromatic rings. The van der Waals surface area contributed by atoms with Crippen LogP contribution < -0.4 is 15.2 Å². The van der Waals surface area contributed by atoms with Gasteiger partial charge in [-0.15, -0.1) is 0 Å². The molecule has 5 heteroatoms. The fourth-order valence-electron chi connectivity index (χ4n) is 1.63. The van der Waals surface area contributed by atoms with E-state index in [1.54, 1.807) is 20.3 Å². The van der Waals surface area contributed by atoms with E-state index in [9.17, 15) is 0 Å². The van der Waals surface area contributed by atoms with Crippen molar-refractivity contribution >= 4 is 11.6 Å². The van der Waals surface area contributed by atoms with E-state index in [0.29, 0.717) is 22.9 Å². The highest BCUT2D eigenvalue weighted by Gasteiger charge is 2.15. The molecule has 18 heavy (non-hydrogen) atoms. The minimum absolute atomic E-state index is 0.0677. The summed E-state index contributed by atoms with van der Waals surface area (Å²) in [4.78, 5) is 0. The van der Waals surface area contributed by atoms with Crippen LogP contribution in [-0.4, -0.2) is 27.1 Å². The van der Waals surface area contributed by atoms with Crippen molar-refractivity contribution in [2.75, 3.05) is 21.0 Å². The molecule has 0 fully saturated rings. The molecule has 0 aromatic heterocycles. The van der Waals surface area contributed by atoms with Gasteiger partial charge in [-0.1, -0.05) is 18.5 Å². The summed E-state index contributed by atoms with van der Waals surface area (Å²) in [5.74, 6) is 1.24. The van der Waals surface area contributed by atoms with E-state index in [-0.39, 0.29) is 12.8 Å². The smallest absolute Gasteiger partial charge is 0.188 e. The molecule has 4 nitrogen and oxygen atoms in total. The molecule has 0 bridgehead atoms. The van der Waals surface area contributed by atoms with E-state index in [1.165, 1.54) is 0 Å². The van der Waals surface area contributed by atoms with E-state index in [4.69, 9.17) is 31.5 Å². The summed E-state index contributed by atoms with van der Waals surface area (Å²) in [6.45, 7) is 2.20. The number of hydrogen-bond acceptors (Lipinski definition) is 4. The van der Waals surface area contributed by atoms with Gasteiger partial charge in [0.05, 0.1) is 7.11 Å². The third-order valence-electron chi connectivity index (χ3n) is 2.64. The van der Waals surface area contributed by atoms with Gasteiger partial charge in [-0.05, 0) is 18.9 Å². The van der Waals surface area contributed by atoms with Crippen molar-refractivity contribution in [2.24, 2.45) is 5.73 Å². The summed E-state index contributed by atoms with van der Waals surface area (Å²) >= 11 is 6.05. The lowest BCUT2D eigenvalue weighted by Crippen LogP contribution is -2.22. The van der Waals surface area contributed by atoms with Crippen molar-refractivity contribution in [1.29, 1.82) is 0 Å². The first-order valence-electron chi connectivity index (χ1n) is 5.86. The van der Waals surface area contributed by atoms with Gasteiger partial charge in [0.2, 0.25) is 0 Å². The van der Waals surface area contributed by atoms with E-state index < -0.39 is 0 Å². The molecule has 0 aliphatic rings. The van der Waals surface area contributed by atoms with Crippen LogP contribution in [0.5, 0.6) is 11.5 Å². The SMILES string of the molecule is CCC(N)Cc1cc(Cl)cc(OC)c1OCOC. The van der Waals surface area contributed by atoms with E-state index >= 15 is 0 Å².